The molecule has 0 radical (unpaired) electrons. The molecule has 2 aliphatic rings. The van der Waals surface area contributed by atoms with Crippen molar-refractivity contribution in [2.75, 3.05) is 19.7 Å². The summed E-state index contributed by atoms with van der Waals surface area (Å²) < 4.78 is 5.50. The Bertz CT molecular complexity index is 663. The van der Waals surface area contributed by atoms with Gasteiger partial charge in [-0.1, -0.05) is 18.6 Å². The maximum Gasteiger partial charge on any atom is 0.317 e. The molecule has 2 fully saturated rings. The lowest BCUT2D eigenvalue weighted by atomic mass is 9.81. The Morgan fingerprint density at radius 3 is 2.96 bits per heavy atom. The van der Waals surface area contributed by atoms with Crippen molar-refractivity contribution >= 4 is 12.0 Å². The fourth-order valence-electron chi connectivity index (χ4n) is 4.19. The normalized spacial score (nSPS) is 26.2. The van der Waals surface area contributed by atoms with Gasteiger partial charge in [-0.2, -0.15) is 0 Å². The van der Waals surface area contributed by atoms with Gasteiger partial charge in [-0.25, -0.2) is 4.79 Å². The number of carbonyl (C=O) groups excluding carboxylic acids is 1. The van der Waals surface area contributed by atoms with Crippen LogP contribution in [-0.2, 0) is 4.79 Å². The van der Waals surface area contributed by atoms with E-state index in [2.05, 4.69) is 5.32 Å². The molecular weight excluding hydrogens is 320 g/mol. The summed E-state index contributed by atoms with van der Waals surface area (Å²) in [7, 11) is 0. The Hall–Kier alpha value is -2.24. The number of ether oxygens (including phenoxy) is 1. The summed E-state index contributed by atoms with van der Waals surface area (Å²) in [6.07, 6.45) is 2.50. The van der Waals surface area contributed by atoms with Crippen LogP contribution in [0.5, 0.6) is 5.75 Å². The van der Waals surface area contributed by atoms with Gasteiger partial charge < -0.3 is 20.1 Å². The molecule has 6 heteroatoms. The van der Waals surface area contributed by atoms with Crippen LogP contribution in [0.4, 0.5) is 4.79 Å². The van der Waals surface area contributed by atoms with Crippen LogP contribution >= 0.6 is 0 Å². The van der Waals surface area contributed by atoms with Gasteiger partial charge in [0.15, 0.2) is 0 Å². The molecule has 1 saturated carbocycles. The molecule has 0 bridgehead atoms. The Kier molecular flexibility index (Phi) is 4.88. The number of carbonyl (C=O) groups is 2. The molecule has 1 aliphatic heterocycles. The fraction of sp³-hybridized carbons (Fsp3) is 0.579. The van der Waals surface area contributed by atoms with Crippen LogP contribution in [0.2, 0.25) is 0 Å². The maximum atomic E-state index is 12.6. The lowest BCUT2D eigenvalue weighted by Crippen LogP contribution is -2.42. The minimum Gasteiger partial charge on any atom is -0.494 e. The minimum absolute atomic E-state index is 0.0762. The number of nitrogens with one attached hydrogen (secondary N) is 1. The number of carboxylic acids is 1. The monoisotopic (exact) mass is 346 g/mol. The fourth-order valence-corrected chi connectivity index (χ4v) is 4.19. The molecule has 3 atom stereocenters. The summed E-state index contributed by atoms with van der Waals surface area (Å²) in [4.78, 5) is 26.0. The number of benzene rings is 1. The third-order valence-electron chi connectivity index (χ3n) is 5.59. The van der Waals surface area contributed by atoms with Crippen molar-refractivity contribution in [1.82, 2.24) is 10.2 Å². The lowest BCUT2D eigenvalue weighted by Gasteiger charge is -2.24. The van der Waals surface area contributed by atoms with E-state index in [0.717, 1.165) is 24.2 Å². The highest BCUT2D eigenvalue weighted by atomic mass is 16.5. The zero-order chi connectivity index (χ0) is 18.0. The summed E-state index contributed by atoms with van der Waals surface area (Å²) in [6.45, 7) is 5.29. The Morgan fingerprint density at radius 1 is 1.48 bits per heavy atom. The van der Waals surface area contributed by atoms with Crippen molar-refractivity contribution in [1.29, 1.82) is 0 Å². The van der Waals surface area contributed by atoms with E-state index in [-0.39, 0.29) is 18.0 Å². The Labute approximate surface area is 148 Å². The van der Waals surface area contributed by atoms with Gasteiger partial charge in [-0.15, -0.1) is 0 Å². The van der Waals surface area contributed by atoms with Gasteiger partial charge in [0, 0.05) is 13.1 Å². The minimum atomic E-state index is -0.761. The highest BCUT2D eigenvalue weighted by Crippen LogP contribution is 2.48. The van der Waals surface area contributed by atoms with E-state index >= 15 is 0 Å². The average molecular weight is 346 g/mol. The van der Waals surface area contributed by atoms with Crippen LogP contribution in [0.3, 0.4) is 0 Å². The lowest BCUT2D eigenvalue weighted by molar-refractivity contribution is -0.149. The molecule has 1 heterocycles. The van der Waals surface area contributed by atoms with E-state index in [1.807, 2.05) is 38.1 Å². The van der Waals surface area contributed by atoms with Crippen LogP contribution in [0.25, 0.3) is 0 Å². The van der Waals surface area contributed by atoms with Gasteiger partial charge in [-0.3, -0.25) is 4.79 Å². The van der Waals surface area contributed by atoms with Gasteiger partial charge in [0.2, 0.25) is 0 Å². The number of nitrogens with zero attached hydrogens (tertiary/aromatic N) is 1. The molecule has 136 valence electrons. The zero-order valence-corrected chi connectivity index (χ0v) is 14.8. The number of aliphatic carboxylic acids is 1. The maximum absolute atomic E-state index is 12.6. The third-order valence-corrected chi connectivity index (χ3v) is 5.59. The Morgan fingerprint density at radius 2 is 2.28 bits per heavy atom. The van der Waals surface area contributed by atoms with Crippen LogP contribution in [0.15, 0.2) is 24.3 Å². The molecule has 1 aliphatic carbocycles. The number of carboxylic acid groups (broad SMARTS) is 1. The quantitative estimate of drug-likeness (QED) is 0.859. The second kappa shape index (κ2) is 6.94. The van der Waals surface area contributed by atoms with E-state index in [0.29, 0.717) is 26.1 Å². The molecule has 1 saturated heterocycles. The standard InChI is InChI=1S/C19H26N2O4/c1-3-25-16-8-4-6-14(10-16)13(2)20-18(24)21-11-15-7-5-9-19(15,12-21)17(22)23/h4,6,8,10,13,15H,3,5,7,9,11-12H2,1-2H3,(H,20,24)(H,22,23)/t13?,15-,19+/m0/s1. The average Bonchev–Trinajstić information content (AvgIpc) is 3.13. The van der Waals surface area contributed by atoms with Crippen molar-refractivity contribution in [3.8, 4) is 5.75 Å². The van der Waals surface area contributed by atoms with Crippen molar-refractivity contribution in [2.45, 2.75) is 39.2 Å². The summed E-state index contributed by atoms with van der Waals surface area (Å²) in [5.74, 6) is 0.0942. The highest BCUT2D eigenvalue weighted by Gasteiger charge is 2.55. The van der Waals surface area contributed by atoms with E-state index in [9.17, 15) is 14.7 Å². The number of hydrogen-bond donors (Lipinski definition) is 2. The van der Waals surface area contributed by atoms with Crippen LogP contribution in [0.1, 0.15) is 44.7 Å². The molecular formula is C19H26N2O4. The molecule has 1 aromatic carbocycles. The first kappa shape index (κ1) is 17.6. The number of amides is 2. The summed E-state index contributed by atoms with van der Waals surface area (Å²) in [6, 6.07) is 7.30. The van der Waals surface area contributed by atoms with E-state index in [4.69, 9.17) is 4.74 Å². The topological polar surface area (TPSA) is 78.9 Å². The van der Waals surface area contributed by atoms with Crippen LogP contribution in [-0.4, -0.2) is 41.7 Å². The summed E-state index contributed by atoms with van der Waals surface area (Å²) >= 11 is 0. The SMILES string of the molecule is CCOc1cccc(C(C)NC(=O)N2C[C@@H]3CCC[C@@]3(C(=O)O)C2)c1. The van der Waals surface area contributed by atoms with Gasteiger partial charge in [0.1, 0.15) is 5.75 Å². The molecule has 2 amide bonds. The van der Waals surface area contributed by atoms with E-state index in [1.54, 1.807) is 4.90 Å². The zero-order valence-electron chi connectivity index (χ0n) is 14.8. The first-order valence-electron chi connectivity index (χ1n) is 8.98. The van der Waals surface area contributed by atoms with Gasteiger partial charge in [0.05, 0.1) is 18.1 Å². The van der Waals surface area contributed by atoms with Crippen molar-refractivity contribution < 1.29 is 19.4 Å². The number of likely N-dealkylation sites (tertiary alicyclic amines) is 1. The first-order valence-corrected chi connectivity index (χ1v) is 8.98. The smallest absolute Gasteiger partial charge is 0.317 e. The predicted octanol–water partition coefficient (Wildman–Crippen LogP) is 3.04. The van der Waals surface area contributed by atoms with Crippen molar-refractivity contribution in [2.24, 2.45) is 11.3 Å². The predicted molar refractivity (Wildman–Crippen MR) is 93.5 cm³/mol. The van der Waals surface area contributed by atoms with E-state index in [1.165, 1.54) is 0 Å². The molecule has 2 N–H and O–H groups in total. The highest BCUT2D eigenvalue weighted by molar-refractivity contribution is 5.80. The van der Waals surface area contributed by atoms with Crippen LogP contribution < -0.4 is 10.1 Å². The largest absolute Gasteiger partial charge is 0.494 e. The number of urea groups is 1. The molecule has 1 unspecified atom stereocenters. The number of rotatable bonds is 5. The number of hydrogen-bond acceptors (Lipinski definition) is 3. The van der Waals surface area contributed by atoms with E-state index < -0.39 is 11.4 Å². The molecule has 3 rings (SSSR count). The molecule has 25 heavy (non-hydrogen) atoms. The molecule has 6 nitrogen and oxygen atoms in total. The Balaban J connectivity index is 1.65. The molecule has 1 aromatic rings. The first-order chi connectivity index (χ1) is 12.0. The van der Waals surface area contributed by atoms with Crippen molar-refractivity contribution in [3.63, 3.8) is 0 Å². The summed E-state index contributed by atoms with van der Waals surface area (Å²) in [5.41, 5.74) is 0.224. The number of fused-ring (bicyclic) bond motifs is 1. The third kappa shape index (κ3) is 3.30. The molecule has 0 aromatic heterocycles. The summed E-state index contributed by atoms with van der Waals surface area (Å²) in [5, 5.41) is 12.6. The second-order valence-electron chi connectivity index (χ2n) is 7.11. The van der Waals surface area contributed by atoms with Gasteiger partial charge >= 0.3 is 12.0 Å². The van der Waals surface area contributed by atoms with Crippen molar-refractivity contribution in [3.05, 3.63) is 29.8 Å². The second-order valence-corrected chi connectivity index (χ2v) is 7.11. The molecule has 0 spiro atoms. The van der Waals surface area contributed by atoms with Gasteiger partial charge in [-0.05, 0) is 50.3 Å². The van der Waals surface area contributed by atoms with Crippen LogP contribution in [0, 0.1) is 11.3 Å². The van der Waals surface area contributed by atoms with Gasteiger partial charge in [0.25, 0.3) is 0 Å².